The number of hydrogen-bond donors (Lipinski definition) is 2. The molecule has 3 aliphatic rings. The number of anilines is 1. The van der Waals surface area contributed by atoms with Gasteiger partial charge in [-0.15, -0.1) is 11.3 Å². The van der Waals surface area contributed by atoms with E-state index in [0.29, 0.717) is 45.2 Å². The summed E-state index contributed by atoms with van der Waals surface area (Å²) in [5, 5.41) is 3.72. The first-order valence-electron chi connectivity index (χ1n) is 13.1. The molecule has 4 aromatic rings. The van der Waals surface area contributed by atoms with E-state index in [0.717, 1.165) is 17.7 Å². The molecule has 10 nitrogen and oxygen atoms in total. The highest BCUT2D eigenvalue weighted by atomic mass is 35.5. The van der Waals surface area contributed by atoms with Crippen LogP contribution in [0.15, 0.2) is 24.5 Å². The van der Waals surface area contributed by atoms with Crippen molar-refractivity contribution >= 4 is 46.1 Å². The van der Waals surface area contributed by atoms with E-state index >= 15 is 4.39 Å². The van der Waals surface area contributed by atoms with Gasteiger partial charge in [-0.3, -0.25) is 0 Å². The number of rotatable bonds is 8. The minimum absolute atomic E-state index is 0.136. The fraction of sp³-hybridized carbons (Fsp3) is 0.444. The summed E-state index contributed by atoms with van der Waals surface area (Å²) in [5.74, 6) is 1.52. The van der Waals surface area contributed by atoms with Gasteiger partial charge in [0.2, 0.25) is 0 Å². The summed E-state index contributed by atoms with van der Waals surface area (Å²) in [5.41, 5.74) is 1.79. The van der Waals surface area contributed by atoms with Crippen LogP contribution in [0, 0.1) is 23.6 Å². The highest BCUT2D eigenvalue weighted by Gasteiger charge is 2.41. The molecule has 0 saturated heterocycles. The minimum Gasteiger partial charge on any atom is -0.438 e. The summed E-state index contributed by atoms with van der Waals surface area (Å²) >= 11 is 7.47. The van der Waals surface area contributed by atoms with Crippen molar-refractivity contribution in [1.82, 2.24) is 24.9 Å². The monoisotopic (exact) mass is 586 g/mol. The van der Waals surface area contributed by atoms with E-state index in [1.54, 1.807) is 12.3 Å². The van der Waals surface area contributed by atoms with Gasteiger partial charge in [0.05, 0.1) is 30.4 Å². The van der Waals surface area contributed by atoms with Gasteiger partial charge in [0.25, 0.3) is 0 Å². The first kappa shape index (κ1) is 26.9. The Balaban J connectivity index is 1.35. The Morgan fingerprint density at radius 1 is 1.20 bits per heavy atom. The molecule has 13 heteroatoms. The predicted molar refractivity (Wildman–Crippen MR) is 148 cm³/mol. The molecule has 4 aromatic heterocycles. The van der Waals surface area contributed by atoms with E-state index in [1.807, 2.05) is 6.07 Å². The molecular weight excluding hydrogens is 559 g/mol. The Labute approximate surface area is 238 Å². The van der Waals surface area contributed by atoms with Crippen LogP contribution in [0.4, 0.5) is 15.0 Å². The van der Waals surface area contributed by atoms with Crippen molar-refractivity contribution in [2.45, 2.75) is 45.3 Å². The maximum absolute atomic E-state index is 16.2. The Morgan fingerprint density at radius 2 is 2.00 bits per heavy atom. The fourth-order valence-electron chi connectivity index (χ4n) is 5.90. The van der Waals surface area contributed by atoms with E-state index in [1.165, 1.54) is 37.5 Å². The molecule has 0 radical (unpaired) electrons. The molecule has 0 aromatic carbocycles. The average Bonchev–Trinajstić information content (AvgIpc) is 3.61. The van der Waals surface area contributed by atoms with Crippen LogP contribution in [0.25, 0.3) is 33.1 Å². The van der Waals surface area contributed by atoms with Gasteiger partial charge in [0, 0.05) is 17.1 Å². The topological polar surface area (TPSA) is 124 Å². The van der Waals surface area contributed by atoms with Crippen molar-refractivity contribution in [3.8, 4) is 22.0 Å². The summed E-state index contributed by atoms with van der Waals surface area (Å²) in [4.78, 5) is 33.6. The van der Waals surface area contributed by atoms with Crippen LogP contribution in [0.3, 0.4) is 0 Å². The van der Waals surface area contributed by atoms with Gasteiger partial charge in [-0.25, -0.2) is 29.1 Å². The zero-order valence-electron chi connectivity index (χ0n) is 21.9. The van der Waals surface area contributed by atoms with E-state index < -0.39 is 12.0 Å². The molecule has 3 fully saturated rings. The van der Waals surface area contributed by atoms with Gasteiger partial charge in [-0.2, -0.15) is 0 Å². The Hall–Kier alpha value is -3.35. The molecule has 2 atom stereocenters. The standard InChI is InChI=1S/C27H28ClFN6O4S/c1-13-14-3-5-15(6-4-14)21(13)33-25-20(29)23(18-8-7-16(40-18)11-38-12-39-27(36)37-2)34-24(35-25)17-9-30-26-22(17)32-19(28)10-31-26/h7-10,13-15,21H,3-6,11-12H2,1-2H3,(H,30,31)(H,33,34,35)/t13-,14?,15?,21+/m0/s1. The number of aromatic amines is 1. The lowest BCUT2D eigenvalue weighted by atomic mass is 9.62. The summed E-state index contributed by atoms with van der Waals surface area (Å²) in [6.45, 7) is 2.17. The number of hydrogen-bond acceptors (Lipinski definition) is 10. The molecule has 0 spiro atoms. The van der Waals surface area contributed by atoms with Crippen LogP contribution >= 0.6 is 22.9 Å². The molecule has 3 aliphatic carbocycles. The van der Waals surface area contributed by atoms with Crippen molar-refractivity contribution in [3.63, 3.8) is 0 Å². The third-order valence-electron chi connectivity index (χ3n) is 7.95. The zero-order chi connectivity index (χ0) is 27.8. The van der Waals surface area contributed by atoms with E-state index in [4.69, 9.17) is 21.1 Å². The van der Waals surface area contributed by atoms with Crippen molar-refractivity contribution in [2.75, 3.05) is 19.2 Å². The second kappa shape index (κ2) is 11.3. The maximum Gasteiger partial charge on any atom is 0.510 e. The number of halogens is 2. The van der Waals surface area contributed by atoms with Crippen LogP contribution in [0.1, 0.15) is 37.5 Å². The minimum atomic E-state index is -0.828. The van der Waals surface area contributed by atoms with Crippen molar-refractivity contribution in [3.05, 3.63) is 40.4 Å². The predicted octanol–water partition coefficient (Wildman–Crippen LogP) is 6.43. The highest BCUT2D eigenvalue weighted by molar-refractivity contribution is 7.15. The van der Waals surface area contributed by atoms with Crippen LogP contribution < -0.4 is 5.32 Å². The number of ether oxygens (including phenoxy) is 3. The Bertz CT molecular complexity index is 1540. The number of nitrogens with zero attached hydrogens (tertiary/aromatic N) is 4. The first-order valence-corrected chi connectivity index (χ1v) is 14.3. The molecule has 210 valence electrons. The Morgan fingerprint density at radius 3 is 2.77 bits per heavy atom. The third-order valence-corrected chi connectivity index (χ3v) is 9.20. The lowest BCUT2D eigenvalue weighted by molar-refractivity contribution is -0.0455. The molecule has 0 amide bonds. The van der Waals surface area contributed by atoms with Gasteiger partial charge in [-0.1, -0.05) is 18.5 Å². The van der Waals surface area contributed by atoms with E-state index in [2.05, 4.69) is 41.9 Å². The van der Waals surface area contributed by atoms with Gasteiger partial charge in [-0.05, 0) is 55.6 Å². The number of aromatic nitrogens is 5. The molecule has 0 unspecified atom stereocenters. The van der Waals surface area contributed by atoms with E-state index in [-0.39, 0.29) is 36.1 Å². The van der Waals surface area contributed by atoms with Crippen molar-refractivity contribution < 1.29 is 23.4 Å². The number of carbonyl (C=O) groups is 1. The smallest absolute Gasteiger partial charge is 0.438 e. The number of H-pyrrole nitrogens is 1. The molecule has 3 saturated carbocycles. The van der Waals surface area contributed by atoms with Crippen LogP contribution in [0.5, 0.6) is 0 Å². The maximum atomic E-state index is 16.2. The number of carbonyl (C=O) groups excluding carboxylic acids is 1. The molecule has 0 aliphatic heterocycles. The van der Waals surface area contributed by atoms with Crippen LogP contribution in [0.2, 0.25) is 5.15 Å². The largest absolute Gasteiger partial charge is 0.510 e. The molecule has 2 bridgehead atoms. The molecule has 4 heterocycles. The average molecular weight is 587 g/mol. The third kappa shape index (κ3) is 5.23. The van der Waals surface area contributed by atoms with Crippen LogP contribution in [-0.2, 0) is 20.8 Å². The normalized spacial score (nSPS) is 22.0. The van der Waals surface area contributed by atoms with E-state index in [9.17, 15) is 4.79 Å². The summed E-state index contributed by atoms with van der Waals surface area (Å²) in [7, 11) is 1.22. The summed E-state index contributed by atoms with van der Waals surface area (Å²) < 4.78 is 30.8. The lowest BCUT2D eigenvalue weighted by Crippen LogP contribution is -2.47. The number of thiophene rings is 1. The zero-order valence-corrected chi connectivity index (χ0v) is 23.5. The second-order valence-corrected chi connectivity index (χ2v) is 11.7. The number of nitrogens with one attached hydrogen (secondary N) is 2. The number of fused-ring (bicyclic) bond motifs is 4. The van der Waals surface area contributed by atoms with Crippen molar-refractivity contribution in [1.29, 1.82) is 0 Å². The van der Waals surface area contributed by atoms with Gasteiger partial charge < -0.3 is 24.5 Å². The molecular formula is C27H28ClFN6O4S. The molecule has 2 N–H and O–H groups in total. The van der Waals surface area contributed by atoms with Gasteiger partial charge in [0.15, 0.2) is 29.9 Å². The molecule has 40 heavy (non-hydrogen) atoms. The summed E-state index contributed by atoms with van der Waals surface area (Å²) in [6, 6.07) is 3.75. The van der Waals surface area contributed by atoms with Crippen molar-refractivity contribution in [2.24, 2.45) is 17.8 Å². The second-order valence-electron chi connectivity index (χ2n) is 10.2. The van der Waals surface area contributed by atoms with Crippen LogP contribution in [-0.4, -0.2) is 51.0 Å². The lowest BCUT2D eigenvalue weighted by Gasteiger charge is -2.47. The van der Waals surface area contributed by atoms with Gasteiger partial charge in [0.1, 0.15) is 16.4 Å². The fourth-order valence-corrected chi connectivity index (χ4v) is 6.96. The highest BCUT2D eigenvalue weighted by Crippen LogP contribution is 2.46. The quantitative estimate of drug-likeness (QED) is 0.136. The first-order chi connectivity index (χ1) is 19.4. The summed E-state index contributed by atoms with van der Waals surface area (Å²) in [6.07, 6.45) is 7.08. The van der Waals surface area contributed by atoms with Gasteiger partial charge >= 0.3 is 6.16 Å². The SMILES string of the molecule is COC(=O)OCOCc1ccc(-c2nc(-c3c[nH]c4ncc(Cl)nc34)nc(N[C@H]3C4CCC(CC4)[C@@H]3C)c2F)s1. The Kier molecular flexibility index (Phi) is 7.56. The molecule has 7 rings (SSSR count). The number of methoxy groups -OCH3 is 1.